The van der Waals surface area contributed by atoms with Crippen molar-refractivity contribution in [1.82, 2.24) is 30.7 Å². The summed E-state index contributed by atoms with van der Waals surface area (Å²) < 4.78 is 0. The molecular weight excluding hydrogens is 613 g/mol. The summed E-state index contributed by atoms with van der Waals surface area (Å²) in [6, 6.07) is 6.13. The maximum Gasteiger partial charge on any atom is 0.246 e. The van der Waals surface area contributed by atoms with Crippen LogP contribution in [0.4, 0.5) is 0 Å². The average Bonchev–Trinajstić information content (AvgIpc) is 3.66. The van der Waals surface area contributed by atoms with Gasteiger partial charge in [0.15, 0.2) is 0 Å². The molecule has 10 nitrogen and oxygen atoms in total. The Bertz CT molecular complexity index is 1300. The fraction of sp³-hybridized carbons (Fsp3) is 0.667. The number of rotatable bonds is 15. The number of aryl methyl sites for hydroxylation is 1. The van der Waals surface area contributed by atoms with Crippen LogP contribution in [0.3, 0.4) is 0 Å². The lowest BCUT2D eigenvalue weighted by Crippen LogP contribution is -2.57. The zero-order chi connectivity index (χ0) is 34.0. The molecule has 0 radical (unpaired) electrons. The number of β-amino-alcohol motifs (C(OH)–C–C–N with tert-alkyl or cyclic N) is 1. The Labute approximate surface area is 285 Å². The van der Waals surface area contributed by atoms with Gasteiger partial charge in [0, 0.05) is 45.6 Å². The van der Waals surface area contributed by atoms with E-state index in [1.165, 1.54) is 30.7 Å². The topological polar surface area (TPSA) is 127 Å². The maximum absolute atomic E-state index is 13.9. The number of benzene rings is 1. The number of aliphatic hydroxyl groups is 1. The summed E-state index contributed by atoms with van der Waals surface area (Å²) >= 11 is 1.60. The van der Waals surface area contributed by atoms with E-state index in [2.05, 4.69) is 25.8 Å². The number of amides is 3. The molecule has 260 valence electrons. The van der Waals surface area contributed by atoms with E-state index in [1.807, 2.05) is 64.4 Å². The van der Waals surface area contributed by atoms with Crippen LogP contribution in [-0.4, -0.2) is 95.1 Å². The van der Waals surface area contributed by atoms with E-state index in [1.54, 1.807) is 11.3 Å². The molecule has 2 saturated heterocycles. The molecule has 3 heterocycles. The Morgan fingerprint density at radius 2 is 1.68 bits per heavy atom. The third kappa shape index (κ3) is 10.8. The lowest BCUT2D eigenvalue weighted by molar-refractivity contribution is -0.144. The summed E-state index contributed by atoms with van der Waals surface area (Å²) in [6.07, 6.45) is 6.21. The molecule has 1 aromatic heterocycles. The Kier molecular flexibility index (Phi) is 13.8. The number of unbranched alkanes of at least 4 members (excludes halogenated alkanes) is 5. The number of nitrogens with zero attached hydrogens (tertiary/aromatic N) is 3. The van der Waals surface area contributed by atoms with E-state index in [4.69, 9.17) is 0 Å². The van der Waals surface area contributed by atoms with Crippen LogP contribution in [0.2, 0.25) is 0 Å². The van der Waals surface area contributed by atoms with Gasteiger partial charge in [-0.05, 0) is 49.8 Å². The highest BCUT2D eigenvalue weighted by Crippen LogP contribution is 2.29. The van der Waals surface area contributed by atoms with Crippen LogP contribution < -0.4 is 16.0 Å². The standard InChI is InChI=1S/C36H56N6O4S/c1-25(27-13-15-28(16-14-27)32-26(2)38-24-47-32)39-34(45)30-22-29(43)23-42(30)35(46)33(36(3,4)5)40-31(44)12-10-8-6-7-9-11-19-41-20-17-37-18-21-41/h13-16,24-25,29-30,33,37,43H,6-12,17-23H2,1-5H3,(H,39,45)(H,40,44)/t25-,29+,30-,33+/m0/s1. The minimum absolute atomic E-state index is 0.0608. The van der Waals surface area contributed by atoms with Gasteiger partial charge >= 0.3 is 0 Å². The third-order valence-electron chi connectivity index (χ3n) is 9.40. The molecule has 0 bridgehead atoms. The zero-order valence-electron chi connectivity index (χ0n) is 29.0. The first-order valence-corrected chi connectivity index (χ1v) is 18.3. The second kappa shape index (κ2) is 17.5. The smallest absolute Gasteiger partial charge is 0.246 e. The van der Waals surface area contributed by atoms with Crippen LogP contribution in [0.25, 0.3) is 10.4 Å². The Balaban J connectivity index is 1.25. The van der Waals surface area contributed by atoms with Gasteiger partial charge < -0.3 is 30.9 Å². The summed E-state index contributed by atoms with van der Waals surface area (Å²) in [5, 5.41) is 20.0. The van der Waals surface area contributed by atoms with Gasteiger partial charge in [-0.25, -0.2) is 4.98 Å². The molecule has 3 amide bonds. The van der Waals surface area contributed by atoms with E-state index < -0.39 is 23.6 Å². The van der Waals surface area contributed by atoms with Crippen molar-refractivity contribution in [2.75, 3.05) is 39.3 Å². The molecule has 2 aliphatic heterocycles. The molecule has 11 heteroatoms. The van der Waals surface area contributed by atoms with Gasteiger partial charge in [0.25, 0.3) is 0 Å². The van der Waals surface area contributed by atoms with Crippen molar-refractivity contribution < 1.29 is 19.5 Å². The van der Waals surface area contributed by atoms with Crippen molar-refractivity contribution in [3.63, 3.8) is 0 Å². The van der Waals surface area contributed by atoms with E-state index in [0.29, 0.717) is 6.42 Å². The predicted octanol–water partition coefficient (Wildman–Crippen LogP) is 4.42. The number of carbonyl (C=O) groups excluding carboxylic acids is 3. The number of nitrogens with one attached hydrogen (secondary N) is 3. The van der Waals surface area contributed by atoms with Crippen molar-refractivity contribution in [3.8, 4) is 10.4 Å². The number of hydrogen-bond acceptors (Lipinski definition) is 8. The maximum atomic E-state index is 13.9. The van der Waals surface area contributed by atoms with Crippen molar-refractivity contribution in [3.05, 3.63) is 41.0 Å². The molecule has 1 aromatic carbocycles. The first kappa shape index (κ1) is 37.0. The summed E-state index contributed by atoms with van der Waals surface area (Å²) in [7, 11) is 0. The molecule has 4 rings (SSSR count). The Hall–Kier alpha value is -2.86. The quantitative estimate of drug-likeness (QED) is 0.207. The predicted molar refractivity (Wildman–Crippen MR) is 188 cm³/mol. The van der Waals surface area contributed by atoms with Gasteiger partial charge in [0.2, 0.25) is 17.7 Å². The highest BCUT2D eigenvalue weighted by molar-refractivity contribution is 7.13. The van der Waals surface area contributed by atoms with Gasteiger partial charge in [-0.3, -0.25) is 14.4 Å². The van der Waals surface area contributed by atoms with Crippen molar-refractivity contribution in [2.45, 2.75) is 110 Å². The number of aliphatic hydroxyl groups excluding tert-OH is 1. The van der Waals surface area contributed by atoms with Crippen LogP contribution in [0.5, 0.6) is 0 Å². The lowest BCUT2D eigenvalue weighted by atomic mass is 9.85. The van der Waals surface area contributed by atoms with Crippen molar-refractivity contribution in [1.29, 1.82) is 0 Å². The number of likely N-dealkylation sites (tertiary alicyclic amines) is 1. The van der Waals surface area contributed by atoms with Crippen LogP contribution in [-0.2, 0) is 14.4 Å². The van der Waals surface area contributed by atoms with Crippen LogP contribution in [0.1, 0.15) is 96.4 Å². The molecule has 2 aliphatic rings. The van der Waals surface area contributed by atoms with Crippen molar-refractivity contribution in [2.24, 2.45) is 5.41 Å². The molecule has 2 aromatic rings. The van der Waals surface area contributed by atoms with Gasteiger partial charge in [-0.2, -0.15) is 0 Å². The van der Waals surface area contributed by atoms with Crippen molar-refractivity contribution >= 4 is 29.1 Å². The van der Waals surface area contributed by atoms with E-state index in [9.17, 15) is 19.5 Å². The highest BCUT2D eigenvalue weighted by atomic mass is 32.1. The fourth-order valence-electron chi connectivity index (χ4n) is 6.51. The number of hydrogen-bond donors (Lipinski definition) is 4. The molecule has 47 heavy (non-hydrogen) atoms. The number of piperazine rings is 1. The monoisotopic (exact) mass is 668 g/mol. The third-order valence-corrected chi connectivity index (χ3v) is 10.4. The molecule has 2 fully saturated rings. The summed E-state index contributed by atoms with van der Waals surface area (Å²) in [5.41, 5.74) is 4.27. The summed E-state index contributed by atoms with van der Waals surface area (Å²) in [4.78, 5) is 49.9. The highest BCUT2D eigenvalue weighted by Gasteiger charge is 2.44. The zero-order valence-corrected chi connectivity index (χ0v) is 29.8. The average molecular weight is 669 g/mol. The molecule has 4 atom stereocenters. The summed E-state index contributed by atoms with van der Waals surface area (Å²) in [5.74, 6) is -0.788. The fourth-order valence-corrected chi connectivity index (χ4v) is 7.32. The van der Waals surface area contributed by atoms with Gasteiger partial charge in [0.1, 0.15) is 12.1 Å². The van der Waals surface area contributed by atoms with Gasteiger partial charge in [-0.1, -0.05) is 70.7 Å². The largest absolute Gasteiger partial charge is 0.391 e. The lowest BCUT2D eigenvalue weighted by Gasteiger charge is -2.35. The van der Waals surface area contributed by atoms with Gasteiger partial charge in [0.05, 0.1) is 28.2 Å². The molecule has 0 spiro atoms. The number of aromatic nitrogens is 1. The SMILES string of the molecule is Cc1ncsc1-c1ccc([C@H](C)NC(=O)[C@@H]2C[C@@H](O)CN2C(=O)[C@@H](NC(=O)CCCCCCCCN2CCNCC2)C(C)(C)C)cc1. The van der Waals surface area contributed by atoms with E-state index in [0.717, 1.165) is 67.1 Å². The number of thiazole rings is 1. The minimum atomic E-state index is -0.813. The Morgan fingerprint density at radius 1 is 1.02 bits per heavy atom. The van der Waals surface area contributed by atoms with Gasteiger partial charge in [-0.15, -0.1) is 11.3 Å². The summed E-state index contributed by atoms with van der Waals surface area (Å²) in [6.45, 7) is 15.3. The molecule has 0 aliphatic carbocycles. The second-order valence-corrected chi connectivity index (χ2v) is 15.2. The molecule has 0 unspecified atom stereocenters. The van der Waals surface area contributed by atoms with Crippen LogP contribution >= 0.6 is 11.3 Å². The molecular formula is C36H56N6O4S. The normalized spacial score (nSPS) is 20.2. The second-order valence-electron chi connectivity index (χ2n) is 14.3. The minimum Gasteiger partial charge on any atom is -0.391 e. The first-order valence-electron chi connectivity index (χ1n) is 17.5. The van der Waals surface area contributed by atoms with Crippen LogP contribution in [0.15, 0.2) is 29.8 Å². The molecule has 0 saturated carbocycles. The van der Waals surface area contributed by atoms with Crippen LogP contribution in [0, 0.1) is 12.3 Å². The number of carbonyl (C=O) groups is 3. The Morgan fingerprint density at radius 3 is 2.32 bits per heavy atom. The first-order chi connectivity index (χ1) is 22.4. The van der Waals surface area contributed by atoms with E-state index >= 15 is 0 Å². The molecule has 4 N–H and O–H groups in total. The van der Waals surface area contributed by atoms with E-state index in [-0.39, 0.29) is 36.7 Å².